The second-order valence-corrected chi connectivity index (χ2v) is 5.34. The molecule has 2 N–H and O–H groups in total. The van der Waals surface area contributed by atoms with E-state index in [0.717, 1.165) is 24.6 Å². The van der Waals surface area contributed by atoms with Gasteiger partial charge in [0.2, 0.25) is 11.8 Å². The molecule has 2 aliphatic rings. The molecule has 6 heteroatoms. The van der Waals surface area contributed by atoms with Crippen LogP contribution in [0.3, 0.4) is 0 Å². The van der Waals surface area contributed by atoms with Gasteiger partial charge in [0.25, 0.3) is 0 Å². The third-order valence-electron chi connectivity index (χ3n) is 3.83. The summed E-state index contributed by atoms with van der Waals surface area (Å²) in [4.78, 5) is 15.5. The zero-order valence-corrected chi connectivity index (χ0v) is 10.5. The van der Waals surface area contributed by atoms with Crippen LogP contribution < -0.4 is 10.6 Å². The fraction of sp³-hybridized carbons (Fsp3) is 0.750. The van der Waals surface area contributed by atoms with Crippen LogP contribution in [0.5, 0.6) is 0 Å². The number of nitrogens with zero attached hydrogens (tertiary/aromatic N) is 2. The number of carbonyl (C=O) groups is 1. The van der Waals surface area contributed by atoms with Gasteiger partial charge in [-0.15, -0.1) is 0 Å². The van der Waals surface area contributed by atoms with Gasteiger partial charge in [-0.1, -0.05) is 12.1 Å². The van der Waals surface area contributed by atoms with E-state index in [1.54, 1.807) is 0 Å². The van der Waals surface area contributed by atoms with Crippen LogP contribution in [0.15, 0.2) is 4.52 Å². The molecule has 18 heavy (non-hydrogen) atoms. The first-order valence-corrected chi connectivity index (χ1v) is 6.56. The number of hydrogen-bond acceptors (Lipinski definition) is 5. The van der Waals surface area contributed by atoms with Gasteiger partial charge in [-0.3, -0.25) is 10.1 Å². The van der Waals surface area contributed by atoms with Crippen molar-refractivity contribution >= 4 is 5.91 Å². The van der Waals surface area contributed by atoms with Crippen LogP contribution in [0.2, 0.25) is 0 Å². The Kier molecular flexibility index (Phi) is 3.03. The second-order valence-electron chi connectivity index (χ2n) is 5.34. The summed E-state index contributed by atoms with van der Waals surface area (Å²) in [5.74, 6) is 2.62. The quantitative estimate of drug-likeness (QED) is 0.809. The van der Waals surface area contributed by atoms with E-state index in [9.17, 15) is 4.79 Å². The highest BCUT2D eigenvalue weighted by Crippen LogP contribution is 2.36. The summed E-state index contributed by atoms with van der Waals surface area (Å²) >= 11 is 0. The van der Waals surface area contributed by atoms with Crippen molar-refractivity contribution in [3.63, 3.8) is 0 Å². The van der Waals surface area contributed by atoms with Gasteiger partial charge in [0.1, 0.15) is 6.04 Å². The first-order chi connectivity index (χ1) is 8.72. The molecule has 1 saturated carbocycles. The average Bonchev–Trinajstić information content (AvgIpc) is 2.98. The largest absolute Gasteiger partial charge is 0.353 e. The lowest BCUT2D eigenvalue weighted by molar-refractivity contribution is -0.121. The van der Waals surface area contributed by atoms with Gasteiger partial charge in [0, 0.05) is 12.5 Å². The first kappa shape index (κ1) is 11.6. The van der Waals surface area contributed by atoms with Crippen LogP contribution in [-0.4, -0.2) is 29.1 Å². The van der Waals surface area contributed by atoms with Gasteiger partial charge < -0.3 is 9.84 Å². The molecule has 3 rings (SSSR count). The van der Waals surface area contributed by atoms with Gasteiger partial charge in [-0.05, 0) is 25.2 Å². The second kappa shape index (κ2) is 4.68. The lowest BCUT2D eigenvalue weighted by Gasteiger charge is -2.20. The molecule has 0 aromatic carbocycles. The number of aromatic nitrogens is 2. The molecule has 0 spiro atoms. The van der Waals surface area contributed by atoms with E-state index in [2.05, 4.69) is 27.7 Å². The molecule has 0 radical (unpaired) electrons. The van der Waals surface area contributed by atoms with Gasteiger partial charge >= 0.3 is 0 Å². The number of rotatable bonds is 2. The van der Waals surface area contributed by atoms with Crippen molar-refractivity contribution in [3.8, 4) is 0 Å². The molecule has 98 valence electrons. The molecule has 3 unspecified atom stereocenters. The van der Waals surface area contributed by atoms with Gasteiger partial charge in [-0.25, -0.2) is 0 Å². The Morgan fingerprint density at radius 2 is 2.28 bits per heavy atom. The fourth-order valence-electron chi connectivity index (χ4n) is 2.74. The molecule has 1 aromatic heterocycles. The van der Waals surface area contributed by atoms with Crippen molar-refractivity contribution in [2.75, 3.05) is 13.1 Å². The van der Waals surface area contributed by atoms with E-state index < -0.39 is 0 Å². The lowest BCUT2D eigenvalue weighted by Crippen LogP contribution is -2.47. The van der Waals surface area contributed by atoms with Crippen LogP contribution >= 0.6 is 0 Å². The Morgan fingerprint density at radius 3 is 2.94 bits per heavy atom. The maximum atomic E-state index is 11.1. The van der Waals surface area contributed by atoms with Crippen molar-refractivity contribution in [3.05, 3.63) is 11.7 Å². The molecule has 1 aliphatic carbocycles. The molecule has 1 saturated heterocycles. The smallest absolute Gasteiger partial charge is 0.245 e. The molecule has 3 atom stereocenters. The van der Waals surface area contributed by atoms with Crippen molar-refractivity contribution < 1.29 is 9.32 Å². The summed E-state index contributed by atoms with van der Waals surface area (Å²) in [6.07, 6.45) is 3.54. The third-order valence-corrected chi connectivity index (χ3v) is 3.83. The summed E-state index contributed by atoms with van der Waals surface area (Å²) in [5.41, 5.74) is 0. The Morgan fingerprint density at radius 1 is 1.39 bits per heavy atom. The minimum Gasteiger partial charge on any atom is -0.353 e. The lowest BCUT2D eigenvalue weighted by atomic mass is 10.1. The first-order valence-electron chi connectivity index (χ1n) is 6.56. The maximum Gasteiger partial charge on any atom is 0.245 e. The summed E-state index contributed by atoms with van der Waals surface area (Å²) in [6.45, 7) is 3.09. The number of carbonyl (C=O) groups excluding carboxylic acids is 1. The number of hydrogen-bond donors (Lipinski definition) is 2. The Bertz CT molecular complexity index is 435. The summed E-state index contributed by atoms with van der Waals surface area (Å²) in [7, 11) is 0. The topological polar surface area (TPSA) is 80.0 Å². The monoisotopic (exact) mass is 250 g/mol. The molecule has 6 nitrogen and oxygen atoms in total. The predicted molar refractivity (Wildman–Crippen MR) is 63.8 cm³/mol. The zero-order valence-electron chi connectivity index (χ0n) is 10.5. The molecule has 2 fully saturated rings. The van der Waals surface area contributed by atoms with Crippen molar-refractivity contribution in [2.24, 2.45) is 5.92 Å². The minimum atomic E-state index is -0.0530. The molecule has 1 aromatic rings. The van der Waals surface area contributed by atoms with Crippen LogP contribution in [0.1, 0.15) is 49.9 Å². The molecular weight excluding hydrogens is 232 g/mol. The zero-order chi connectivity index (χ0) is 12.5. The van der Waals surface area contributed by atoms with E-state index in [0.29, 0.717) is 24.9 Å². The number of nitrogens with one attached hydrogen (secondary N) is 2. The van der Waals surface area contributed by atoms with Crippen LogP contribution in [0.4, 0.5) is 0 Å². The van der Waals surface area contributed by atoms with E-state index >= 15 is 0 Å². The highest BCUT2D eigenvalue weighted by atomic mass is 16.5. The summed E-state index contributed by atoms with van der Waals surface area (Å²) in [5, 5.41) is 9.96. The standard InChI is InChI=1S/C12H18N4O2/c1-7-2-3-8(4-7)11-15-12(18-16-11)9-5-14-10(17)6-13-9/h7-9,13H,2-6H2,1H3,(H,14,17). The molecule has 2 heterocycles. The van der Waals surface area contributed by atoms with Gasteiger partial charge in [0.05, 0.1) is 6.54 Å². The SMILES string of the molecule is CC1CCC(c2noc(C3CNC(=O)CN3)n2)C1. The Labute approximate surface area is 106 Å². The third kappa shape index (κ3) is 2.25. The Balaban J connectivity index is 1.68. The van der Waals surface area contributed by atoms with Crippen molar-refractivity contribution in [1.29, 1.82) is 0 Å². The van der Waals surface area contributed by atoms with E-state index in [-0.39, 0.29) is 11.9 Å². The predicted octanol–water partition coefficient (Wildman–Crippen LogP) is 0.734. The average molecular weight is 250 g/mol. The van der Waals surface area contributed by atoms with Crippen LogP contribution in [0.25, 0.3) is 0 Å². The van der Waals surface area contributed by atoms with E-state index in [1.165, 1.54) is 6.42 Å². The number of amides is 1. The normalized spacial score (nSPS) is 32.5. The maximum absolute atomic E-state index is 11.1. The van der Waals surface area contributed by atoms with E-state index in [4.69, 9.17) is 4.52 Å². The highest BCUT2D eigenvalue weighted by Gasteiger charge is 2.29. The molecule has 1 aliphatic heterocycles. The van der Waals surface area contributed by atoms with Gasteiger partial charge in [0.15, 0.2) is 5.82 Å². The number of piperazine rings is 1. The van der Waals surface area contributed by atoms with E-state index in [1.807, 2.05) is 0 Å². The Hall–Kier alpha value is -1.43. The highest BCUT2D eigenvalue weighted by molar-refractivity contribution is 5.78. The van der Waals surface area contributed by atoms with Crippen LogP contribution in [0, 0.1) is 5.92 Å². The molecule has 1 amide bonds. The fourth-order valence-corrected chi connectivity index (χ4v) is 2.74. The van der Waals surface area contributed by atoms with Crippen molar-refractivity contribution in [2.45, 2.75) is 38.1 Å². The summed E-state index contributed by atoms with van der Waals surface area (Å²) in [6, 6.07) is -0.0530. The van der Waals surface area contributed by atoms with Crippen LogP contribution in [-0.2, 0) is 4.79 Å². The minimum absolute atomic E-state index is 0.00982. The van der Waals surface area contributed by atoms with Crippen molar-refractivity contribution in [1.82, 2.24) is 20.8 Å². The summed E-state index contributed by atoms with van der Waals surface area (Å²) < 4.78 is 5.31. The molecule has 0 bridgehead atoms. The molecular formula is C12H18N4O2. The van der Waals surface area contributed by atoms with Gasteiger partial charge in [-0.2, -0.15) is 4.98 Å².